The molecule has 2 heteroatoms. The Kier molecular flexibility index (Phi) is 11.7. The summed E-state index contributed by atoms with van der Waals surface area (Å²) in [5.41, 5.74) is 6.02. The van der Waals surface area contributed by atoms with E-state index in [2.05, 4.69) is 39.5 Å². The predicted octanol–water partition coefficient (Wildman–Crippen LogP) is 4.29. The third-order valence-corrected chi connectivity index (χ3v) is 3.63. The lowest BCUT2D eigenvalue weighted by molar-refractivity contribution is 0.150. The Labute approximate surface area is 122 Å². The van der Waals surface area contributed by atoms with Crippen molar-refractivity contribution >= 4 is 0 Å². The van der Waals surface area contributed by atoms with Gasteiger partial charge >= 0.3 is 0 Å². The molecule has 0 aromatic rings. The van der Waals surface area contributed by atoms with E-state index in [1.54, 1.807) is 0 Å². The highest BCUT2D eigenvalue weighted by Crippen LogP contribution is 2.14. The summed E-state index contributed by atoms with van der Waals surface area (Å²) >= 11 is 0. The summed E-state index contributed by atoms with van der Waals surface area (Å²) in [6.45, 7) is 14.7. The van der Waals surface area contributed by atoms with Gasteiger partial charge in [0.15, 0.2) is 0 Å². The van der Waals surface area contributed by atoms with Gasteiger partial charge in [-0.15, -0.1) is 0 Å². The Bertz CT molecular complexity index is 180. The first-order valence-corrected chi connectivity index (χ1v) is 8.45. The largest absolute Gasteiger partial charge is 0.329 e. The molecule has 0 aliphatic heterocycles. The van der Waals surface area contributed by atoms with Gasteiger partial charge in [-0.3, -0.25) is 4.90 Å². The van der Waals surface area contributed by atoms with Crippen LogP contribution in [0.4, 0.5) is 0 Å². The van der Waals surface area contributed by atoms with Crippen LogP contribution >= 0.6 is 0 Å². The van der Waals surface area contributed by atoms with Gasteiger partial charge in [-0.2, -0.15) is 0 Å². The van der Waals surface area contributed by atoms with Crippen LogP contribution in [0.2, 0.25) is 0 Å². The minimum atomic E-state index is 0.589. The molecule has 0 saturated carbocycles. The molecular formula is C17H38N2. The first-order valence-electron chi connectivity index (χ1n) is 8.45. The van der Waals surface area contributed by atoms with Crippen LogP contribution in [0, 0.1) is 11.8 Å². The lowest BCUT2D eigenvalue weighted by Gasteiger charge is -2.33. The second kappa shape index (κ2) is 11.7. The zero-order valence-corrected chi connectivity index (χ0v) is 14.1. The van der Waals surface area contributed by atoms with Crippen LogP contribution in [-0.4, -0.2) is 30.6 Å². The van der Waals surface area contributed by atoms with E-state index in [4.69, 9.17) is 5.73 Å². The lowest BCUT2D eigenvalue weighted by Crippen LogP contribution is -2.44. The maximum atomic E-state index is 6.02. The topological polar surface area (TPSA) is 29.3 Å². The molecule has 0 radical (unpaired) electrons. The van der Waals surface area contributed by atoms with Crippen molar-refractivity contribution in [1.82, 2.24) is 4.90 Å². The molecule has 0 spiro atoms. The molecule has 0 rings (SSSR count). The van der Waals surface area contributed by atoms with Crippen LogP contribution in [0.3, 0.4) is 0 Å². The van der Waals surface area contributed by atoms with E-state index in [-0.39, 0.29) is 0 Å². The molecule has 0 saturated heterocycles. The molecule has 0 aliphatic carbocycles. The van der Waals surface area contributed by atoms with Gasteiger partial charge in [0.2, 0.25) is 0 Å². The van der Waals surface area contributed by atoms with Crippen molar-refractivity contribution in [2.75, 3.05) is 19.6 Å². The number of unbranched alkanes of at least 4 members (excludes halogenated alkanes) is 4. The molecule has 0 heterocycles. The summed E-state index contributed by atoms with van der Waals surface area (Å²) in [6, 6.07) is 0.589. The molecule has 0 aromatic heterocycles. The molecule has 0 fully saturated rings. The number of nitrogens with two attached hydrogens (primary N) is 1. The van der Waals surface area contributed by atoms with E-state index in [1.165, 1.54) is 51.6 Å². The van der Waals surface area contributed by atoms with Crippen molar-refractivity contribution in [2.45, 2.75) is 79.2 Å². The molecule has 0 bridgehead atoms. The third kappa shape index (κ3) is 10.4. The van der Waals surface area contributed by atoms with Gasteiger partial charge in [0.1, 0.15) is 0 Å². The van der Waals surface area contributed by atoms with E-state index in [0.29, 0.717) is 6.04 Å². The molecular weight excluding hydrogens is 232 g/mol. The zero-order valence-electron chi connectivity index (χ0n) is 14.1. The van der Waals surface area contributed by atoms with Crippen molar-refractivity contribution in [3.8, 4) is 0 Å². The quantitative estimate of drug-likeness (QED) is 0.536. The third-order valence-electron chi connectivity index (χ3n) is 3.63. The first kappa shape index (κ1) is 18.9. The summed E-state index contributed by atoms with van der Waals surface area (Å²) in [6.07, 6.45) is 8.10. The Balaban J connectivity index is 4.15. The van der Waals surface area contributed by atoms with Crippen LogP contribution in [-0.2, 0) is 0 Å². The Morgan fingerprint density at radius 3 is 1.79 bits per heavy atom. The normalized spacial score (nSPS) is 13.7. The van der Waals surface area contributed by atoms with E-state index >= 15 is 0 Å². The Hall–Kier alpha value is -0.0800. The van der Waals surface area contributed by atoms with Crippen molar-refractivity contribution in [3.63, 3.8) is 0 Å². The van der Waals surface area contributed by atoms with Gasteiger partial charge in [-0.1, -0.05) is 66.7 Å². The average molecular weight is 271 g/mol. The zero-order chi connectivity index (χ0) is 14.7. The van der Waals surface area contributed by atoms with E-state index in [9.17, 15) is 0 Å². The molecule has 0 aromatic carbocycles. The van der Waals surface area contributed by atoms with Crippen LogP contribution < -0.4 is 5.73 Å². The van der Waals surface area contributed by atoms with E-state index < -0.39 is 0 Å². The molecule has 19 heavy (non-hydrogen) atoms. The monoisotopic (exact) mass is 270 g/mol. The van der Waals surface area contributed by atoms with Gasteiger partial charge in [0.05, 0.1) is 0 Å². The second-order valence-corrected chi connectivity index (χ2v) is 6.83. The highest BCUT2D eigenvalue weighted by atomic mass is 15.2. The fraction of sp³-hybridized carbons (Fsp3) is 1.00. The fourth-order valence-electron chi connectivity index (χ4n) is 2.74. The highest BCUT2D eigenvalue weighted by Gasteiger charge is 2.18. The van der Waals surface area contributed by atoms with Crippen molar-refractivity contribution in [1.29, 1.82) is 0 Å². The number of rotatable bonds is 12. The van der Waals surface area contributed by atoms with Gasteiger partial charge in [0, 0.05) is 25.7 Å². The molecule has 2 N–H and O–H groups in total. The summed E-state index contributed by atoms with van der Waals surface area (Å²) in [5.74, 6) is 1.46. The van der Waals surface area contributed by atoms with Crippen LogP contribution in [0.5, 0.6) is 0 Å². The van der Waals surface area contributed by atoms with E-state index in [0.717, 1.165) is 18.4 Å². The minimum Gasteiger partial charge on any atom is -0.329 e. The van der Waals surface area contributed by atoms with Gasteiger partial charge in [0.25, 0.3) is 0 Å². The Morgan fingerprint density at radius 2 is 1.37 bits per heavy atom. The minimum absolute atomic E-state index is 0.589. The fourth-order valence-corrected chi connectivity index (χ4v) is 2.74. The number of nitrogens with zero attached hydrogens (tertiary/aromatic N) is 1. The Morgan fingerprint density at radius 1 is 0.842 bits per heavy atom. The van der Waals surface area contributed by atoms with Gasteiger partial charge in [-0.25, -0.2) is 0 Å². The highest BCUT2D eigenvalue weighted by molar-refractivity contribution is 4.75. The number of hydrogen-bond donors (Lipinski definition) is 1. The molecule has 1 atom stereocenters. The summed E-state index contributed by atoms with van der Waals surface area (Å²) in [5, 5.41) is 0. The average Bonchev–Trinajstić information content (AvgIpc) is 2.32. The molecule has 116 valence electrons. The molecule has 1 unspecified atom stereocenters. The number of hydrogen-bond acceptors (Lipinski definition) is 2. The summed E-state index contributed by atoms with van der Waals surface area (Å²) in [7, 11) is 0. The van der Waals surface area contributed by atoms with Crippen LogP contribution in [0.1, 0.15) is 73.1 Å². The lowest BCUT2D eigenvalue weighted by atomic mass is 10.0. The molecule has 0 amide bonds. The predicted molar refractivity (Wildman–Crippen MR) is 87.5 cm³/mol. The molecule has 2 nitrogen and oxygen atoms in total. The van der Waals surface area contributed by atoms with Crippen molar-refractivity contribution < 1.29 is 0 Å². The van der Waals surface area contributed by atoms with Gasteiger partial charge in [-0.05, 0) is 18.3 Å². The van der Waals surface area contributed by atoms with Crippen molar-refractivity contribution in [3.05, 3.63) is 0 Å². The maximum absolute atomic E-state index is 6.02. The smallest absolute Gasteiger partial charge is 0.0218 e. The van der Waals surface area contributed by atoms with E-state index in [1.807, 2.05) is 0 Å². The van der Waals surface area contributed by atoms with Crippen LogP contribution in [0.15, 0.2) is 0 Å². The standard InChI is InChI=1S/C17H38N2/c1-6-7-8-9-10-11-17(12-18)19(13-15(2)3)14-16(4)5/h15-17H,6-14,18H2,1-5H3. The van der Waals surface area contributed by atoms with Crippen molar-refractivity contribution in [2.24, 2.45) is 17.6 Å². The summed E-state index contributed by atoms with van der Waals surface area (Å²) < 4.78 is 0. The van der Waals surface area contributed by atoms with Gasteiger partial charge < -0.3 is 5.73 Å². The molecule has 0 aliphatic rings. The first-order chi connectivity index (χ1) is 9.01. The maximum Gasteiger partial charge on any atom is 0.0218 e. The second-order valence-electron chi connectivity index (χ2n) is 6.83. The SMILES string of the molecule is CCCCCCCC(CN)N(CC(C)C)CC(C)C. The van der Waals surface area contributed by atoms with Crippen LogP contribution in [0.25, 0.3) is 0 Å². The summed E-state index contributed by atoms with van der Waals surface area (Å²) in [4.78, 5) is 2.63.